The zero-order chi connectivity index (χ0) is 16.4. The molecule has 0 spiro atoms. The van der Waals surface area contributed by atoms with E-state index in [-0.39, 0.29) is 11.6 Å². The van der Waals surface area contributed by atoms with Crippen LogP contribution in [0.3, 0.4) is 0 Å². The molecule has 6 nitrogen and oxygen atoms in total. The molecule has 1 aromatic rings. The van der Waals surface area contributed by atoms with E-state index in [1.165, 1.54) is 18.6 Å². The standard InChI is InChI=1S/C17H23N3O3/c1-13-7-10-19(12-13)17(21)15-11-14(20(22)23)5-6-16(15)18-8-3-2-4-9-18/h5-6,11,13H,2-4,7-10,12H2,1H3. The number of likely N-dealkylation sites (tertiary alicyclic amines) is 1. The molecule has 0 saturated carbocycles. The number of nitro groups is 1. The molecule has 0 N–H and O–H groups in total. The van der Waals surface area contributed by atoms with E-state index in [1.54, 1.807) is 6.07 Å². The predicted octanol–water partition coefficient (Wildman–Crippen LogP) is 3.07. The van der Waals surface area contributed by atoms with Gasteiger partial charge in [0.05, 0.1) is 16.2 Å². The number of nitrogens with zero attached hydrogens (tertiary/aromatic N) is 3. The predicted molar refractivity (Wildman–Crippen MR) is 88.8 cm³/mol. The van der Waals surface area contributed by atoms with Crippen molar-refractivity contribution in [1.29, 1.82) is 0 Å². The summed E-state index contributed by atoms with van der Waals surface area (Å²) in [6, 6.07) is 4.71. The minimum Gasteiger partial charge on any atom is -0.371 e. The summed E-state index contributed by atoms with van der Waals surface area (Å²) in [6.07, 6.45) is 4.41. The summed E-state index contributed by atoms with van der Waals surface area (Å²) in [5.41, 5.74) is 1.32. The quantitative estimate of drug-likeness (QED) is 0.635. The topological polar surface area (TPSA) is 66.7 Å². The van der Waals surface area contributed by atoms with Crippen LogP contribution < -0.4 is 4.90 Å². The van der Waals surface area contributed by atoms with Gasteiger partial charge in [-0.1, -0.05) is 6.92 Å². The van der Waals surface area contributed by atoms with Gasteiger partial charge < -0.3 is 9.80 Å². The number of nitro benzene ring substituents is 1. The normalized spacial score (nSPS) is 21.5. The van der Waals surface area contributed by atoms with Gasteiger partial charge in [0.2, 0.25) is 0 Å². The number of carbonyl (C=O) groups is 1. The minimum absolute atomic E-state index is 0.0126. The first-order valence-electron chi connectivity index (χ1n) is 8.39. The molecule has 2 aliphatic rings. The molecule has 1 aromatic carbocycles. The van der Waals surface area contributed by atoms with Crippen molar-refractivity contribution in [1.82, 2.24) is 4.90 Å². The Hall–Kier alpha value is -2.11. The Morgan fingerprint density at radius 3 is 2.57 bits per heavy atom. The highest BCUT2D eigenvalue weighted by Gasteiger charge is 2.28. The molecule has 23 heavy (non-hydrogen) atoms. The Bertz CT molecular complexity index is 611. The van der Waals surface area contributed by atoms with Crippen molar-refractivity contribution in [3.8, 4) is 0 Å². The van der Waals surface area contributed by atoms with Crippen LogP contribution in [0.15, 0.2) is 18.2 Å². The molecule has 2 fully saturated rings. The lowest BCUT2D eigenvalue weighted by Gasteiger charge is -2.31. The van der Waals surface area contributed by atoms with Crippen LogP contribution in [0.1, 0.15) is 43.0 Å². The molecule has 0 aromatic heterocycles. The maximum atomic E-state index is 12.9. The molecular weight excluding hydrogens is 294 g/mol. The van der Waals surface area contributed by atoms with Crippen LogP contribution >= 0.6 is 0 Å². The van der Waals surface area contributed by atoms with Crippen LogP contribution in [0.2, 0.25) is 0 Å². The van der Waals surface area contributed by atoms with Crippen molar-refractivity contribution in [2.24, 2.45) is 5.92 Å². The second-order valence-electron chi connectivity index (χ2n) is 6.65. The van der Waals surface area contributed by atoms with E-state index in [9.17, 15) is 14.9 Å². The van der Waals surface area contributed by atoms with Gasteiger partial charge in [-0.25, -0.2) is 0 Å². The second-order valence-corrected chi connectivity index (χ2v) is 6.65. The summed E-state index contributed by atoms with van der Waals surface area (Å²) in [5, 5.41) is 11.1. The van der Waals surface area contributed by atoms with Crippen molar-refractivity contribution in [3.05, 3.63) is 33.9 Å². The van der Waals surface area contributed by atoms with E-state index < -0.39 is 4.92 Å². The Morgan fingerprint density at radius 1 is 1.22 bits per heavy atom. The van der Waals surface area contributed by atoms with E-state index in [0.717, 1.165) is 51.1 Å². The van der Waals surface area contributed by atoms with E-state index in [4.69, 9.17) is 0 Å². The summed E-state index contributed by atoms with van der Waals surface area (Å²) >= 11 is 0. The summed E-state index contributed by atoms with van der Waals surface area (Å²) < 4.78 is 0. The van der Waals surface area contributed by atoms with Gasteiger partial charge in [0.1, 0.15) is 0 Å². The van der Waals surface area contributed by atoms with Crippen molar-refractivity contribution in [3.63, 3.8) is 0 Å². The molecular formula is C17H23N3O3. The number of rotatable bonds is 3. The monoisotopic (exact) mass is 317 g/mol. The molecule has 0 aliphatic carbocycles. The SMILES string of the molecule is CC1CCN(C(=O)c2cc([N+](=O)[O-])ccc2N2CCCCC2)C1. The highest BCUT2D eigenvalue weighted by Crippen LogP contribution is 2.30. The second kappa shape index (κ2) is 6.56. The number of benzene rings is 1. The number of amides is 1. The fourth-order valence-corrected chi connectivity index (χ4v) is 3.51. The van der Waals surface area contributed by atoms with Crippen molar-refractivity contribution >= 4 is 17.3 Å². The third kappa shape index (κ3) is 3.30. The number of hydrogen-bond donors (Lipinski definition) is 0. The van der Waals surface area contributed by atoms with Crippen LogP contribution in [-0.2, 0) is 0 Å². The van der Waals surface area contributed by atoms with Crippen molar-refractivity contribution < 1.29 is 9.72 Å². The lowest BCUT2D eigenvalue weighted by atomic mass is 10.1. The first-order chi connectivity index (χ1) is 11.1. The van der Waals surface area contributed by atoms with Crippen LogP contribution in [0.4, 0.5) is 11.4 Å². The van der Waals surface area contributed by atoms with Crippen molar-refractivity contribution in [2.75, 3.05) is 31.1 Å². The summed E-state index contributed by atoms with van der Waals surface area (Å²) in [7, 11) is 0. The zero-order valence-electron chi connectivity index (χ0n) is 13.5. The fraction of sp³-hybridized carbons (Fsp3) is 0.588. The molecule has 1 unspecified atom stereocenters. The average molecular weight is 317 g/mol. The Balaban J connectivity index is 1.95. The Labute approximate surface area is 136 Å². The first-order valence-corrected chi connectivity index (χ1v) is 8.39. The van der Waals surface area contributed by atoms with Gasteiger partial charge in [-0.2, -0.15) is 0 Å². The lowest BCUT2D eigenvalue weighted by Crippen LogP contribution is -2.34. The lowest BCUT2D eigenvalue weighted by molar-refractivity contribution is -0.384. The van der Waals surface area contributed by atoms with Gasteiger partial charge in [0, 0.05) is 38.3 Å². The van der Waals surface area contributed by atoms with E-state index in [1.807, 2.05) is 4.90 Å². The van der Waals surface area contributed by atoms with Gasteiger partial charge in [0.15, 0.2) is 0 Å². The molecule has 2 heterocycles. The molecule has 0 radical (unpaired) electrons. The van der Waals surface area contributed by atoms with E-state index in [2.05, 4.69) is 11.8 Å². The third-order valence-corrected chi connectivity index (χ3v) is 4.83. The van der Waals surface area contributed by atoms with Crippen LogP contribution in [0.25, 0.3) is 0 Å². The van der Waals surface area contributed by atoms with Crippen molar-refractivity contribution in [2.45, 2.75) is 32.6 Å². The highest BCUT2D eigenvalue weighted by molar-refractivity contribution is 6.00. The average Bonchev–Trinajstić information content (AvgIpc) is 3.01. The molecule has 6 heteroatoms. The number of carbonyl (C=O) groups excluding carboxylic acids is 1. The van der Waals surface area contributed by atoms with Gasteiger partial charge in [-0.3, -0.25) is 14.9 Å². The molecule has 3 rings (SSSR count). The smallest absolute Gasteiger partial charge is 0.270 e. The number of anilines is 1. The van der Waals surface area contributed by atoms with Crippen LogP contribution in [-0.4, -0.2) is 41.9 Å². The largest absolute Gasteiger partial charge is 0.371 e. The molecule has 0 bridgehead atoms. The van der Waals surface area contributed by atoms with Gasteiger partial charge in [0.25, 0.3) is 11.6 Å². The molecule has 124 valence electrons. The summed E-state index contributed by atoms with van der Waals surface area (Å²) in [4.78, 5) is 27.6. The number of non-ortho nitro benzene ring substituents is 1. The molecule has 2 saturated heterocycles. The molecule has 1 atom stereocenters. The van der Waals surface area contributed by atoms with Gasteiger partial charge in [-0.15, -0.1) is 0 Å². The maximum Gasteiger partial charge on any atom is 0.270 e. The van der Waals surface area contributed by atoms with Crippen LogP contribution in [0, 0.1) is 16.0 Å². The van der Waals surface area contributed by atoms with Gasteiger partial charge in [-0.05, 0) is 37.7 Å². The zero-order valence-corrected chi connectivity index (χ0v) is 13.5. The Kier molecular flexibility index (Phi) is 4.50. The van der Waals surface area contributed by atoms with Crippen LogP contribution in [0.5, 0.6) is 0 Å². The van der Waals surface area contributed by atoms with E-state index in [0.29, 0.717) is 11.5 Å². The minimum atomic E-state index is -0.427. The molecule has 2 aliphatic heterocycles. The van der Waals surface area contributed by atoms with E-state index >= 15 is 0 Å². The third-order valence-electron chi connectivity index (χ3n) is 4.83. The summed E-state index contributed by atoms with van der Waals surface area (Å²) in [6.45, 7) is 5.43. The highest BCUT2D eigenvalue weighted by atomic mass is 16.6. The first kappa shape index (κ1) is 15.8. The Morgan fingerprint density at radius 2 is 1.96 bits per heavy atom. The maximum absolute atomic E-state index is 12.9. The molecule has 1 amide bonds. The van der Waals surface area contributed by atoms with Gasteiger partial charge >= 0.3 is 0 Å². The number of hydrogen-bond acceptors (Lipinski definition) is 4. The number of piperidine rings is 1. The summed E-state index contributed by atoms with van der Waals surface area (Å²) in [5.74, 6) is 0.426. The fourth-order valence-electron chi connectivity index (χ4n) is 3.51.